The van der Waals surface area contributed by atoms with Gasteiger partial charge in [-0.1, -0.05) is 19.8 Å². The Labute approximate surface area is 306 Å². The number of carbonyl (C=O) groups excluding carboxylic acids is 2. The van der Waals surface area contributed by atoms with E-state index in [-0.39, 0.29) is 30.5 Å². The van der Waals surface area contributed by atoms with Crippen molar-refractivity contribution in [1.82, 2.24) is 15.3 Å². The third-order valence-electron chi connectivity index (χ3n) is 8.75. The van der Waals surface area contributed by atoms with Crippen LogP contribution >= 0.6 is 0 Å². The summed E-state index contributed by atoms with van der Waals surface area (Å²) in [6.45, 7) is 7.57. The van der Waals surface area contributed by atoms with Gasteiger partial charge < -0.3 is 58.7 Å². The minimum Gasteiger partial charge on any atom is -0.495 e. The van der Waals surface area contributed by atoms with Gasteiger partial charge in [0.2, 0.25) is 11.9 Å². The fourth-order valence-electron chi connectivity index (χ4n) is 6.10. The van der Waals surface area contributed by atoms with Gasteiger partial charge in [0.1, 0.15) is 17.5 Å². The van der Waals surface area contributed by atoms with Crippen molar-refractivity contribution in [2.24, 2.45) is 0 Å². The van der Waals surface area contributed by atoms with Crippen molar-refractivity contribution in [3.63, 3.8) is 0 Å². The van der Waals surface area contributed by atoms with Gasteiger partial charge in [-0.3, -0.25) is 9.59 Å². The minimum absolute atomic E-state index is 0.0110. The monoisotopic (exact) mass is 732 g/mol. The molecule has 3 N–H and O–H groups in total. The Hall–Kier alpha value is -3.64. The number of benzene rings is 1. The molecule has 0 spiro atoms. The van der Waals surface area contributed by atoms with Gasteiger partial charge in [0.15, 0.2) is 5.82 Å². The maximum absolute atomic E-state index is 13.2. The fraction of sp³-hybridized carbons (Fsp3) is 0.667. The number of carbonyl (C=O) groups is 2. The van der Waals surface area contributed by atoms with E-state index in [1.54, 1.807) is 43.5 Å². The zero-order chi connectivity index (χ0) is 37.0. The van der Waals surface area contributed by atoms with Crippen LogP contribution in [0.15, 0.2) is 24.4 Å². The average molecular weight is 733 g/mol. The first-order valence-electron chi connectivity index (χ1n) is 18.2. The molecule has 290 valence electrons. The molecule has 0 saturated heterocycles. The second-order valence-corrected chi connectivity index (χ2v) is 12.3. The standard InChI is InChI=1S/C36H56N6O10/c1-4-30-35(45)41(2)31-26-38-36(40-33(31)42(30)28-7-5-6-8-28)39-29-10-9-27(25-32(29)46-3)34(44)37-11-13-47-15-17-49-19-21-51-23-24-52-22-20-50-18-16-48-14-12-43/h9-10,25-26,28,30,43H,4-8,11-24H2,1-3H3,(H,37,44)(H,38,39,40). The number of anilines is 4. The summed E-state index contributed by atoms with van der Waals surface area (Å²) in [6, 6.07) is 5.14. The minimum atomic E-state index is -0.259. The van der Waals surface area contributed by atoms with E-state index in [9.17, 15) is 9.59 Å². The Kier molecular flexibility index (Phi) is 18.3. The fourth-order valence-corrected chi connectivity index (χ4v) is 6.10. The molecule has 16 nitrogen and oxygen atoms in total. The number of nitrogens with zero attached hydrogens (tertiary/aromatic N) is 4. The van der Waals surface area contributed by atoms with E-state index in [0.29, 0.717) is 121 Å². The van der Waals surface area contributed by atoms with Crippen LogP contribution in [-0.4, -0.2) is 146 Å². The number of nitrogens with one attached hydrogen (secondary N) is 2. The zero-order valence-corrected chi connectivity index (χ0v) is 30.8. The molecular formula is C36H56N6O10. The van der Waals surface area contributed by atoms with Gasteiger partial charge in [0, 0.05) is 25.2 Å². The van der Waals surface area contributed by atoms with Crippen molar-refractivity contribution in [2.45, 2.75) is 51.1 Å². The highest BCUT2D eigenvalue weighted by Gasteiger charge is 2.41. The molecule has 1 aromatic heterocycles. The summed E-state index contributed by atoms with van der Waals surface area (Å²) in [6.07, 6.45) is 6.75. The Morgan fingerprint density at radius 1 is 0.885 bits per heavy atom. The molecule has 1 unspecified atom stereocenters. The summed E-state index contributed by atoms with van der Waals surface area (Å²) < 4.78 is 38.0. The smallest absolute Gasteiger partial charge is 0.251 e. The molecule has 1 saturated carbocycles. The van der Waals surface area contributed by atoms with Crippen LogP contribution in [0.4, 0.5) is 23.1 Å². The van der Waals surface area contributed by atoms with Crippen LogP contribution in [0.3, 0.4) is 0 Å². The summed E-state index contributed by atoms with van der Waals surface area (Å²) >= 11 is 0. The number of likely N-dealkylation sites (N-methyl/N-ethyl adjacent to an activating group) is 1. The maximum Gasteiger partial charge on any atom is 0.251 e. The summed E-state index contributed by atoms with van der Waals surface area (Å²) in [5, 5.41) is 14.7. The van der Waals surface area contributed by atoms with Gasteiger partial charge in [-0.15, -0.1) is 0 Å². The number of methoxy groups -OCH3 is 1. The van der Waals surface area contributed by atoms with Gasteiger partial charge in [0.05, 0.1) is 105 Å². The first kappa shape index (κ1) is 41.1. The number of aliphatic hydroxyl groups is 1. The molecule has 2 heterocycles. The molecule has 0 radical (unpaired) electrons. The number of aliphatic hydroxyl groups excluding tert-OH is 1. The average Bonchev–Trinajstić information content (AvgIpc) is 3.70. The molecule has 2 amide bonds. The van der Waals surface area contributed by atoms with Gasteiger partial charge in [0.25, 0.3) is 5.91 Å². The number of ether oxygens (including phenoxy) is 7. The number of hydrogen-bond acceptors (Lipinski definition) is 14. The first-order valence-corrected chi connectivity index (χ1v) is 18.2. The maximum atomic E-state index is 13.2. The van der Waals surface area contributed by atoms with E-state index in [2.05, 4.69) is 20.5 Å². The lowest BCUT2D eigenvalue weighted by atomic mass is 10.0. The normalized spacial score (nSPS) is 16.0. The molecule has 52 heavy (non-hydrogen) atoms. The molecular weight excluding hydrogens is 676 g/mol. The van der Waals surface area contributed by atoms with E-state index in [1.165, 1.54) is 0 Å². The Morgan fingerprint density at radius 3 is 2.02 bits per heavy atom. The molecule has 2 aliphatic rings. The van der Waals surface area contributed by atoms with Crippen LogP contribution < -0.4 is 25.2 Å². The summed E-state index contributed by atoms with van der Waals surface area (Å²) in [5.74, 6) is 1.41. The van der Waals surface area contributed by atoms with Crippen molar-refractivity contribution in [2.75, 3.05) is 122 Å². The summed E-state index contributed by atoms with van der Waals surface area (Å²) in [5.41, 5.74) is 1.75. The van der Waals surface area contributed by atoms with E-state index < -0.39 is 0 Å². The Bertz CT molecular complexity index is 1360. The van der Waals surface area contributed by atoms with Crippen molar-refractivity contribution in [3.05, 3.63) is 30.0 Å². The highest BCUT2D eigenvalue weighted by molar-refractivity contribution is 6.04. The zero-order valence-electron chi connectivity index (χ0n) is 30.8. The van der Waals surface area contributed by atoms with Crippen LogP contribution in [0.1, 0.15) is 49.4 Å². The molecule has 1 aliphatic heterocycles. The summed E-state index contributed by atoms with van der Waals surface area (Å²) in [7, 11) is 3.32. The molecule has 1 aromatic carbocycles. The lowest BCUT2D eigenvalue weighted by molar-refractivity contribution is -0.120. The first-order chi connectivity index (χ1) is 25.5. The van der Waals surface area contributed by atoms with E-state index >= 15 is 0 Å². The number of fused-ring (bicyclic) bond motifs is 1. The van der Waals surface area contributed by atoms with Crippen molar-refractivity contribution in [1.29, 1.82) is 0 Å². The summed E-state index contributed by atoms with van der Waals surface area (Å²) in [4.78, 5) is 39.3. The van der Waals surface area contributed by atoms with Gasteiger partial charge >= 0.3 is 0 Å². The van der Waals surface area contributed by atoms with Crippen LogP contribution in [0.5, 0.6) is 5.75 Å². The highest BCUT2D eigenvalue weighted by atomic mass is 16.6. The number of hydrogen-bond donors (Lipinski definition) is 3. The van der Waals surface area contributed by atoms with Gasteiger partial charge in [-0.2, -0.15) is 4.98 Å². The lowest BCUT2D eigenvalue weighted by Gasteiger charge is -2.43. The third kappa shape index (κ3) is 12.5. The van der Waals surface area contributed by atoms with E-state index in [4.69, 9.17) is 43.2 Å². The quantitative estimate of drug-likeness (QED) is 0.120. The van der Waals surface area contributed by atoms with Crippen molar-refractivity contribution < 1.29 is 47.9 Å². The van der Waals surface area contributed by atoms with Gasteiger partial charge in [-0.05, 0) is 37.5 Å². The number of aromatic nitrogens is 2. The van der Waals surface area contributed by atoms with E-state index in [1.807, 2.05) is 6.92 Å². The molecule has 16 heteroatoms. The predicted molar refractivity (Wildman–Crippen MR) is 195 cm³/mol. The van der Waals surface area contributed by atoms with Crippen molar-refractivity contribution in [3.8, 4) is 5.75 Å². The van der Waals surface area contributed by atoms with Crippen LogP contribution in [0.25, 0.3) is 0 Å². The SMILES string of the molecule is CCC1C(=O)N(C)c2cnc(Nc3ccc(C(=O)NCCOCCOCCOCCOCCOCCOCCO)cc3OC)nc2N1C1CCCC1. The van der Waals surface area contributed by atoms with Crippen LogP contribution in [0.2, 0.25) is 0 Å². The molecule has 1 fully saturated rings. The molecule has 1 atom stereocenters. The number of amides is 2. The third-order valence-corrected chi connectivity index (χ3v) is 8.75. The van der Waals surface area contributed by atoms with Gasteiger partial charge in [-0.25, -0.2) is 4.98 Å². The predicted octanol–water partition coefficient (Wildman–Crippen LogP) is 2.55. The second kappa shape index (κ2) is 23.1. The Balaban J connectivity index is 1.11. The molecule has 2 aromatic rings. The molecule has 1 aliphatic carbocycles. The van der Waals surface area contributed by atoms with Crippen LogP contribution in [0, 0.1) is 0 Å². The van der Waals surface area contributed by atoms with Crippen molar-refractivity contribution >= 4 is 35.0 Å². The van der Waals surface area contributed by atoms with E-state index in [0.717, 1.165) is 31.5 Å². The lowest BCUT2D eigenvalue weighted by Crippen LogP contribution is -2.55. The number of rotatable bonds is 26. The van der Waals surface area contributed by atoms with Crippen LogP contribution in [-0.2, 0) is 33.2 Å². The second-order valence-electron chi connectivity index (χ2n) is 12.3. The Morgan fingerprint density at radius 2 is 1.46 bits per heavy atom. The largest absolute Gasteiger partial charge is 0.495 e. The topological polar surface area (TPSA) is 175 Å². The molecule has 0 bridgehead atoms. The highest BCUT2D eigenvalue weighted by Crippen LogP contribution is 2.40. The molecule has 4 rings (SSSR count).